The number of nitrogens with zero attached hydrogens (tertiary/aromatic N) is 3. The molecule has 3 aromatic carbocycles. The van der Waals surface area contributed by atoms with E-state index in [4.69, 9.17) is 23.9 Å². The van der Waals surface area contributed by atoms with Gasteiger partial charge in [0.05, 0.1) is 11.4 Å². The lowest BCUT2D eigenvalue weighted by molar-refractivity contribution is -0.120. The van der Waals surface area contributed by atoms with Crippen LogP contribution in [-0.4, -0.2) is 37.5 Å². The van der Waals surface area contributed by atoms with Gasteiger partial charge in [0.1, 0.15) is 11.4 Å². The van der Waals surface area contributed by atoms with Gasteiger partial charge in [-0.25, -0.2) is 9.98 Å². The third-order valence-electron chi connectivity index (χ3n) is 7.88. The van der Waals surface area contributed by atoms with Crippen LogP contribution in [0.15, 0.2) is 94.7 Å². The van der Waals surface area contributed by atoms with Gasteiger partial charge in [-0.2, -0.15) is 0 Å². The predicted octanol–water partition coefficient (Wildman–Crippen LogP) is 7.08. The zero-order valence-corrected chi connectivity index (χ0v) is 25.0. The first kappa shape index (κ1) is 26.8. The smallest absolute Gasteiger partial charge is 0.282 e. The summed E-state index contributed by atoms with van der Waals surface area (Å²) in [5, 5.41) is 0.0716. The molecule has 0 spiro atoms. The molecule has 41 heavy (non-hydrogen) atoms. The molecular weight excluding hydrogens is 530 g/mol. The highest BCUT2D eigenvalue weighted by atomic mass is 28.4. The molecule has 0 bridgehead atoms. The monoisotopic (exact) mass is 563 g/mol. The minimum atomic E-state index is -2.03. The Kier molecular flexibility index (Phi) is 6.66. The van der Waals surface area contributed by atoms with Crippen LogP contribution >= 0.6 is 0 Å². The van der Waals surface area contributed by atoms with Gasteiger partial charge in [0.2, 0.25) is 15.1 Å². The maximum atomic E-state index is 13.7. The number of amides is 1. The lowest BCUT2D eigenvalue weighted by Crippen LogP contribution is -2.43. The lowest BCUT2D eigenvalue weighted by Gasteiger charge is -2.36. The number of fused-ring (bicyclic) bond motifs is 2. The number of amidine groups is 1. The highest BCUT2D eigenvalue weighted by Gasteiger charge is 2.39. The normalized spacial score (nSPS) is 17.3. The molecule has 3 aliphatic rings. The number of hydrogen-bond acceptors (Lipinski definition) is 6. The van der Waals surface area contributed by atoms with Crippen molar-refractivity contribution in [1.82, 2.24) is 4.90 Å². The number of hydrogen-bond donors (Lipinski definition) is 0. The largest absolute Gasteiger partial charge is 0.543 e. The quantitative estimate of drug-likeness (QED) is 0.237. The summed E-state index contributed by atoms with van der Waals surface area (Å²) in [7, 11) is -2.03. The Morgan fingerprint density at radius 3 is 2.51 bits per heavy atom. The maximum absolute atomic E-state index is 13.7. The van der Waals surface area contributed by atoms with Gasteiger partial charge in [-0.15, -0.1) is 0 Å². The molecule has 0 saturated heterocycles. The maximum Gasteiger partial charge on any atom is 0.282 e. The molecule has 3 heterocycles. The molecule has 6 rings (SSSR count). The molecule has 0 aromatic heterocycles. The van der Waals surface area contributed by atoms with Crippen LogP contribution in [0.1, 0.15) is 37.5 Å². The number of carbonyl (C=O) groups excluding carboxylic acids is 1. The summed E-state index contributed by atoms with van der Waals surface area (Å²) < 4.78 is 17.5. The molecule has 0 saturated carbocycles. The van der Waals surface area contributed by atoms with Crippen LogP contribution in [0.2, 0.25) is 18.1 Å². The van der Waals surface area contributed by atoms with Crippen molar-refractivity contribution in [2.24, 2.45) is 9.98 Å². The van der Waals surface area contributed by atoms with Crippen molar-refractivity contribution < 1.29 is 18.7 Å². The summed E-state index contributed by atoms with van der Waals surface area (Å²) in [5.74, 6) is 2.50. The highest BCUT2D eigenvalue weighted by molar-refractivity contribution is 6.74. The van der Waals surface area contributed by atoms with E-state index >= 15 is 0 Å². The molecule has 208 valence electrons. The molecule has 0 radical (unpaired) electrons. The second-order valence-corrected chi connectivity index (χ2v) is 16.6. The molecule has 1 amide bonds. The van der Waals surface area contributed by atoms with E-state index in [9.17, 15) is 4.79 Å². The van der Waals surface area contributed by atoms with Crippen LogP contribution < -0.4 is 13.9 Å². The van der Waals surface area contributed by atoms with Crippen LogP contribution in [0.25, 0.3) is 11.8 Å². The fourth-order valence-electron chi connectivity index (χ4n) is 4.57. The van der Waals surface area contributed by atoms with Gasteiger partial charge < -0.3 is 13.9 Å². The number of carbonyl (C=O) groups is 1. The molecule has 3 aliphatic heterocycles. The Morgan fingerprint density at radius 1 is 0.951 bits per heavy atom. The summed E-state index contributed by atoms with van der Waals surface area (Å²) in [6, 6.07) is 23.7. The van der Waals surface area contributed by atoms with Gasteiger partial charge in [-0.3, -0.25) is 9.69 Å². The van der Waals surface area contributed by atoms with Crippen molar-refractivity contribution in [2.75, 3.05) is 6.79 Å². The lowest BCUT2D eigenvalue weighted by atomic mass is 10.0. The number of benzene rings is 3. The van der Waals surface area contributed by atoms with E-state index in [0.717, 1.165) is 28.2 Å². The third kappa shape index (κ3) is 5.35. The van der Waals surface area contributed by atoms with Crippen molar-refractivity contribution >= 4 is 37.5 Å². The second-order valence-electron chi connectivity index (χ2n) is 11.9. The van der Waals surface area contributed by atoms with Crippen molar-refractivity contribution in [3.8, 4) is 17.2 Å². The fourth-order valence-corrected chi connectivity index (χ4v) is 5.60. The minimum Gasteiger partial charge on any atom is -0.543 e. The van der Waals surface area contributed by atoms with Gasteiger partial charge in [0.25, 0.3) is 5.91 Å². The van der Waals surface area contributed by atoms with Gasteiger partial charge in [-0.1, -0.05) is 69.3 Å². The van der Waals surface area contributed by atoms with E-state index in [1.807, 2.05) is 60.7 Å². The van der Waals surface area contributed by atoms with Crippen molar-refractivity contribution in [3.05, 3.63) is 101 Å². The summed E-state index contributed by atoms with van der Waals surface area (Å²) in [5.41, 5.74) is 4.54. The van der Waals surface area contributed by atoms with Gasteiger partial charge in [0.15, 0.2) is 17.3 Å². The molecule has 0 N–H and O–H groups in total. The first-order valence-corrected chi connectivity index (χ1v) is 16.6. The molecule has 0 fully saturated rings. The summed E-state index contributed by atoms with van der Waals surface area (Å²) >= 11 is 0. The number of rotatable bonds is 6. The van der Waals surface area contributed by atoms with Crippen LogP contribution in [0.3, 0.4) is 0 Å². The first-order chi connectivity index (χ1) is 19.6. The Labute approximate surface area is 241 Å². The molecule has 7 nitrogen and oxygen atoms in total. The average molecular weight is 564 g/mol. The second kappa shape index (κ2) is 10.2. The van der Waals surface area contributed by atoms with Crippen molar-refractivity contribution in [1.29, 1.82) is 0 Å². The topological polar surface area (TPSA) is 72.7 Å². The van der Waals surface area contributed by atoms with Crippen molar-refractivity contribution in [3.63, 3.8) is 0 Å². The molecule has 8 heteroatoms. The first-order valence-electron chi connectivity index (χ1n) is 13.7. The number of aliphatic imine (C=N–C) groups is 2. The summed E-state index contributed by atoms with van der Waals surface area (Å²) in [6.45, 7) is 11.3. The van der Waals surface area contributed by atoms with Gasteiger partial charge in [0, 0.05) is 18.2 Å². The zero-order chi connectivity index (χ0) is 28.8. The predicted molar refractivity (Wildman–Crippen MR) is 165 cm³/mol. The molecule has 0 aliphatic carbocycles. The van der Waals surface area contributed by atoms with Crippen molar-refractivity contribution in [2.45, 2.75) is 45.3 Å². The van der Waals surface area contributed by atoms with Crippen LogP contribution in [0.4, 0.5) is 0 Å². The van der Waals surface area contributed by atoms with Crippen LogP contribution in [0.5, 0.6) is 17.2 Å². The standard InChI is InChI=1S/C33H33N3O4Si/c1-33(2,3)41(4,5)40-25-13-9-12-24(19-25)28-20-36-31(26(34-28)16-22-10-7-6-8-11-22)35-27(32(36)37)17-23-14-15-29-30(18-23)39-21-38-29/h6-15,17-20H,16,21H2,1-5H3/b27-17+. The van der Waals surface area contributed by atoms with Gasteiger partial charge >= 0.3 is 0 Å². The van der Waals surface area contributed by atoms with E-state index < -0.39 is 8.32 Å². The van der Waals surface area contributed by atoms with Gasteiger partial charge in [-0.05, 0) is 59.6 Å². The van der Waals surface area contributed by atoms with Crippen LogP contribution in [-0.2, 0) is 11.2 Å². The van der Waals surface area contributed by atoms with E-state index in [2.05, 4.69) is 46.0 Å². The Bertz CT molecular complexity index is 1650. The van der Waals surface area contributed by atoms with E-state index in [0.29, 0.717) is 35.1 Å². The molecule has 0 unspecified atom stereocenters. The van der Waals surface area contributed by atoms with E-state index in [1.165, 1.54) is 0 Å². The van der Waals surface area contributed by atoms with E-state index in [1.54, 1.807) is 17.2 Å². The Morgan fingerprint density at radius 2 is 1.73 bits per heavy atom. The zero-order valence-electron chi connectivity index (χ0n) is 24.0. The molecule has 0 atom stereocenters. The summed E-state index contributed by atoms with van der Waals surface area (Å²) in [4.78, 5) is 25.1. The minimum absolute atomic E-state index is 0.0716. The number of ether oxygens (including phenoxy) is 2. The summed E-state index contributed by atoms with van der Waals surface area (Å²) in [6.07, 6.45) is 4.09. The van der Waals surface area contributed by atoms with Crippen LogP contribution in [0, 0.1) is 0 Å². The molecule has 3 aromatic rings. The molecular formula is C33H33N3O4Si. The van der Waals surface area contributed by atoms with E-state index in [-0.39, 0.29) is 17.7 Å². The Balaban J connectivity index is 1.37. The third-order valence-corrected chi connectivity index (χ3v) is 12.2. The highest BCUT2D eigenvalue weighted by Crippen LogP contribution is 2.38. The fraction of sp³-hybridized carbons (Fsp3) is 0.242. The average Bonchev–Trinajstić information content (AvgIpc) is 3.53. The SMILES string of the molecule is CC(C)(C)[Si](C)(C)Oc1cccc(C2=CN3C(=O)/C(=C\c4ccc5c(c4)OCO5)N=C3C(Cc3ccccc3)=N2)c1. The Hall–Kier alpha value is -4.43.